The molecular weight excluding hydrogens is 257 g/mol. The molecule has 92 valence electrons. The molecule has 0 saturated carbocycles. The second kappa shape index (κ2) is 4.10. The molecule has 1 atom stereocenters. The van der Waals surface area contributed by atoms with Crippen LogP contribution in [0.2, 0.25) is 5.02 Å². The van der Waals surface area contributed by atoms with E-state index in [0.717, 1.165) is 6.07 Å². The smallest absolute Gasteiger partial charge is 0.336 e. The molecule has 1 aromatic rings. The molecule has 0 aromatic heterocycles. The Labute approximate surface area is 99.9 Å². The predicted octanol–water partition coefficient (Wildman–Crippen LogP) is 2.71. The summed E-state index contributed by atoms with van der Waals surface area (Å²) in [5.41, 5.74) is -0.627. The molecule has 1 aromatic carbocycles. The van der Waals surface area contributed by atoms with Crippen LogP contribution in [0.25, 0.3) is 0 Å². The van der Waals surface area contributed by atoms with Crippen LogP contribution >= 0.6 is 11.6 Å². The lowest BCUT2D eigenvalue weighted by molar-refractivity contribution is -0.137. The molecule has 0 radical (unpaired) electrons. The Hall–Kier alpha value is -1.43. The van der Waals surface area contributed by atoms with Crippen molar-refractivity contribution in [3.63, 3.8) is 0 Å². The molecule has 1 fully saturated rings. The molecule has 2 rings (SSSR count). The van der Waals surface area contributed by atoms with E-state index >= 15 is 0 Å². The van der Waals surface area contributed by atoms with E-state index in [1.165, 1.54) is 12.1 Å². The van der Waals surface area contributed by atoms with Crippen molar-refractivity contribution < 1.29 is 18.0 Å². The Morgan fingerprint density at radius 2 is 2.06 bits per heavy atom. The van der Waals surface area contributed by atoms with Crippen molar-refractivity contribution in [2.75, 3.05) is 6.54 Å². The maximum absolute atomic E-state index is 12.6. The average Bonchev–Trinajstić information content (AvgIpc) is 2.63. The standard InChI is InChI=1S/C10H8ClF3N2O/c11-8-5(7-4-15-9(17)16-7)2-1-3-6(8)10(12,13)14/h1-3,7H,4H2,(H2,15,16,17)/t7-/m1/s1. The molecule has 2 N–H and O–H groups in total. The quantitative estimate of drug-likeness (QED) is 0.804. The lowest BCUT2D eigenvalue weighted by atomic mass is 10.0. The van der Waals surface area contributed by atoms with E-state index in [4.69, 9.17) is 11.6 Å². The minimum Gasteiger partial charge on any atom is -0.336 e. The lowest BCUT2D eigenvalue weighted by Crippen LogP contribution is -2.22. The summed E-state index contributed by atoms with van der Waals surface area (Å²) >= 11 is 5.72. The van der Waals surface area contributed by atoms with E-state index in [2.05, 4.69) is 10.6 Å². The molecular formula is C10H8ClF3N2O. The van der Waals surface area contributed by atoms with E-state index in [0.29, 0.717) is 0 Å². The summed E-state index contributed by atoms with van der Waals surface area (Å²) in [6.45, 7) is 0.222. The molecule has 2 amide bonds. The Morgan fingerprint density at radius 3 is 2.59 bits per heavy atom. The highest BCUT2D eigenvalue weighted by molar-refractivity contribution is 6.32. The van der Waals surface area contributed by atoms with Gasteiger partial charge in [-0.1, -0.05) is 23.7 Å². The van der Waals surface area contributed by atoms with Gasteiger partial charge < -0.3 is 10.6 Å². The van der Waals surface area contributed by atoms with Gasteiger partial charge >= 0.3 is 12.2 Å². The van der Waals surface area contributed by atoms with Gasteiger partial charge in [0.05, 0.1) is 16.6 Å². The Morgan fingerprint density at radius 1 is 1.35 bits per heavy atom. The van der Waals surface area contributed by atoms with Crippen molar-refractivity contribution in [1.82, 2.24) is 10.6 Å². The van der Waals surface area contributed by atoms with E-state index in [9.17, 15) is 18.0 Å². The summed E-state index contributed by atoms with van der Waals surface area (Å²) < 4.78 is 37.8. The van der Waals surface area contributed by atoms with Gasteiger partial charge in [-0.15, -0.1) is 0 Å². The van der Waals surface area contributed by atoms with Crippen LogP contribution in [0.4, 0.5) is 18.0 Å². The fourth-order valence-electron chi connectivity index (χ4n) is 1.68. The van der Waals surface area contributed by atoms with Crippen LogP contribution in [0.1, 0.15) is 17.2 Å². The normalized spacial score (nSPS) is 20.0. The van der Waals surface area contributed by atoms with Crippen LogP contribution in [0.3, 0.4) is 0 Å². The fraction of sp³-hybridized carbons (Fsp3) is 0.300. The first kappa shape index (κ1) is 12.0. The van der Waals surface area contributed by atoms with Crippen molar-refractivity contribution >= 4 is 17.6 Å². The highest BCUT2D eigenvalue weighted by Gasteiger charge is 2.35. The molecule has 1 heterocycles. The van der Waals surface area contributed by atoms with Crippen molar-refractivity contribution in [2.45, 2.75) is 12.2 Å². The summed E-state index contributed by atoms with van der Waals surface area (Å²) in [7, 11) is 0. The largest absolute Gasteiger partial charge is 0.417 e. The molecule has 1 saturated heterocycles. The number of amides is 2. The van der Waals surface area contributed by atoms with Crippen LogP contribution < -0.4 is 10.6 Å². The summed E-state index contributed by atoms with van der Waals surface area (Å²) in [5.74, 6) is 0. The fourth-order valence-corrected chi connectivity index (χ4v) is 2.05. The number of carbonyl (C=O) groups is 1. The van der Waals surface area contributed by atoms with E-state index in [1.807, 2.05) is 0 Å². The van der Waals surface area contributed by atoms with E-state index in [-0.39, 0.29) is 17.1 Å². The van der Waals surface area contributed by atoms with Crippen LogP contribution in [-0.2, 0) is 6.18 Å². The number of hydrogen-bond acceptors (Lipinski definition) is 1. The number of rotatable bonds is 1. The van der Waals surface area contributed by atoms with Crippen molar-refractivity contribution in [3.8, 4) is 0 Å². The Kier molecular flexibility index (Phi) is 2.91. The van der Waals surface area contributed by atoms with E-state index in [1.54, 1.807) is 0 Å². The second-order valence-electron chi connectivity index (χ2n) is 3.61. The Bertz CT molecular complexity index is 461. The maximum atomic E-state index is 12.6. The third-order valence-corrected chi connectivity index (χ3v) is 2.90. The van der Waals surface area contributed by atoms with Crippen LogP contribution in [0, 0.1) is 0 Å². The maximum Gasteiger partial charge on any atom is 0.417 e. The first-order valence-electron chi connectivity index (χ1n) is 4.79. The minimum absolute atomic E-state index is 0.222. The van der Waals surface area contributed by atoms with Crippen LogP contribution in [-0.4, -0.2) is 12.6 Å². The van der Waals surface area contributed by atoms with Gasteiger partial charge in [0.1, 0.15) is 0 Å². The molecule has 0 unspecified atom stereocenters. The number of urea groups is 1. The first-order chi connectivity index (χ1) is 7.89. The molecule has 17 heavy (non-hydrogen) atoms. The van der Waals surface area contributed by atoms with E-state index < -0.39 is 23.8 Å². The van der Waals surface area contributed by atoms with Gasteiger partial charge in [0.15, 0.2) is 0 Å². The van der Waals surface area contributed by atoms with Crippen molar-refractivity contribution in [2.24, 2.45) is 0 Å². The number of benzene rings is 1. The molecule has 1 aliphatic heterocycles. The molecule has 7 heteroatoms. The predicted molar refractivity (Wildman–Crippen MR) is 55.7 cm³/mol. The third kappa shape index (κ3) is 2.31. The molecule has 1 aliphatic rings. The number of carbonyl (C=O) groups excluding carboxylic acids is 1. The molecule has 0 aliphatic carbocycles. The van der Waals surface area contributed by atoms with Gasteiger partial charge in [0, 0.05) is 6.54 Å². The monoisotopic (exact) mass is 264 g/mol. The molecule has 0 bridgehead atoms. The molecule has 0 spiro atoms. The highest BCUT2D eigenvalue weighted by Crippen LogP contribution is 2.38. The van der Waals surface area contributed by atoms with Crippen LogP contribution in [0.5, 0.6) is 0 Å². The van der Waals surface area contributed by atoms with Crippen molar-refractivity contribution in [3.05, 3.63) is 34.3 Å². The second-order valence-corrected chi connectivity index (χ2v) is 3.99. The van der Waals surface area contributed by atoms with Gasteiger partial charge in [-0.25, -0.2) is 4.79 Å². The number of alkyl halides is 3. The van der Waals surface area contributed by atoms with Gasteiger partial charge in [-0.3, -0.25) is 0 Å². The third-order valence-electron chi connectivity index (χ3n) is 2.48. The zero-order chi connectivity index (χ0) is 12.6. The SMILES string of the molecule is O=C1NC[C@H](c2cccc(C(F)(F)F)c2Cl)N1. The van der Waals surface area contributed by atoms with Gasteiger partial charge in [-0.2, -0.15) is 13.2 Å². The lowest BCUT2D eigenvalue weighted by Gasteiger charge is -2.15. The first-order valence-corrected chi connectivity index (χ1v) is 5.17. The minimum atomic E-state index is -4.50. The number of nitrogens with one attached hydrogen (secondary N) is 2. The Balaban J connectivity index is 2.39. The number of halogens is 4. The average molecular weight is 265 g/mol. The summed E-state index contributed by atoms with van der Waals surface area (Å²) in [4.78, 5) is 10.9. The summed E-state index contributed by atoms with van der Waals surface area (Å²) in [6, 6.07) is 2.71. The van der Waals surface area contributed by atoms with Gasteiger partial charge in [0.2, 0.25) is 0 Å². The van der Waals surface area contributed by atoms with Gasteiger partial charge in [0.25, 0.3) is 0 Å². The summed E-state index contributed by atoms with van der Waals surface area (Å²) in [5, 5.41) is 4.58. The topological polar surface area (TPSA) is 41.1 Å². The molecule has 3 nitrogen and oxygen atoms in total. The van der Waals surface area contributed by atoms with Crippen LogP contribution in [0.15, 0.2) is 18.2 Å². The zero-order valence-corrected chi connectivity index (χ0v) is 9.19. The highest BCUT2D eigenvalue weighted by atomic mass is 35.5. The summed E-state index contributed by atoms with van der Waals surface area (Å²) in [6.07, 6.45) is -4.50. The number of hydrogen-bond donors (Lipinski definition) is 2. The van der Waals surface area contributed by atoms with Crippen molar-refractivity contribution in [1.29, 1.82) is 0 Å². The zero-order valence-electron chi connectivity index (χ0n) is 8.44. The van der Waals surface area contributed by atoms with Gasteiger partial charge in [-0.05, 0) is 11.6 Å².